The zero-order valence-corrected chi connectivity index (χ0v) is 10.3. The van der Waals surface area contributed by atoms with Gasteiger partial charge in [-0.1, -0.05) is 18.2 Å². The first-order valence-corrected chi connectivity index (χ1v) is 6.32. The monoisotopic (exact) mass is 264 g/mol. The van der Waals surface area contributed by atoms with Crippen LogP contribution in [0.2, 0.25) is 0 Å². The maximum atomic E-state index is 12.7. The molecule has 0 saturated heterocycles. The van der Waals surface area contributed by atoms with Crippen molar-refractivity contribution < 1.29 is 18.7 Å². The second-order valence-corrected chi connectivity index (χ2v) is 4.91. The lowest BCUT2D eigenvalue weighted by Crippen LogP contribution is -2.08. The van der Waals surface area contributed by atoms with E-state index < -0.39 is 0 Å². The summed E-state index contributed by atoms with van der Waals surface area (Å²) < 4.78 is 16.4. The van der Waals surface area contributed by atoms with Crippen molar-refractivity contribution in [1.82, 2.24) is 0 Å². The van der Waals surface area contributed by atoms with Gasteiger partial charge in [0.05, 0.1) is 6.26 Å². The smallest absolute Gasteiger partial charge is 0.231 e. The van der Waals surface area contributed by atoms with E-state index in [-0.39, 0.29) is 12.6 Å². The van der Waals surface area contributed by atoms with Crippen LogP contribution in [0, 0.1) is 0 Å². The Kier molecular flexibility index (Phi) is 1.62. The molecule has 0 fully saturated rings. The maximum absolute atomic E-state index is 12.7. The minimum atomic E-state index is -0.00204. The third-order valence-electron chi connectivity index (χ3n) is 3.87. The van der Waals surface area contributed by atoms with Gasteiger partial charge in [-0.05, 0) is 12.1 Å². The number of ketones is 1. The predicted octanol–water partition coefficient (Wildman–Crippen LogP) is 3.37. The van der Waals surface area contributed by atoms with Crippen LogP contribution in [-0.2, 0) is 0 Å². The summed E-state index contributed by atoms with van der Waals surface area (Å²) in [5.74, 6) is 1.99. The summed E-state index contributed by atoms with van der Waals surface area (Å²) in [5, 5.41) is 1.82. The van der Waals surface area contributed by atoms with Crippen molar-refractivity contribution in [2.24, 2.45) is 0 Å². The lowest BCUT2D eigenvalue weighted by molar-refractivity contribution is 0.103. The molecule has 2 heterocycles. The van der Waals surface area contributed by atoms with Gasteiger partial charge in [-0.3, -0.25) is 4.79 Å². The molecule has 0 N–H and O–H groups in total. The predicted molar refractivity (Wildman–Crippen MR) is 71.2 cm³/mol. The Labute approximate surface area is 113 Å². The molecule has 20 heavy (non-hydrogen) atoms. The van der Waals surface area contributed by atoms with E-state index in [1.54, 1.807) is 12.3 Å². The SMILES string of the molecule is O=C1c2cc3c(cc2-c2occ4cccc1c24)OCO3. The lowest BCUT2D eigenvalue weighted by Gasteiger charge is -2.15. The van der Waals surface area contributed by atoms with Crippen molar-refractivity contribution in [3.63, 3.8) is 0 Å². The molecule has 0 spiro atoms. The molecular formula is C16H8O4. The fourth-order valence-corrected chi connectivity index (χ4v) is 2.95. The van der Waals surface area contributed by atoms with Gasteiger partial charge in [-0.25, -0.2) is 0 Å². The highest BCUT2D eigenvalue weighted by molar-refractivity contribution is 6.25. The quantitative estimate of drug-likeness (QED) is 0.488. The van der Waals surface area contributed by atoms with Gasteiger partial charge < -0.3 is 13.9 Å². The van der Waals surface area contributed by atoms with Gasteiger partial charge in [0.2, 0.25) is 6.79 Å². The van der Waals surface area contributed by atoms with E-state index in [0.29, 0.717) is 22.6 Å². The number of carbonyl (C=O) groups excluding carboxylic acids is 1. The number of fused-ring (bicyclic) bond motifs is 3. The van der Waals surface area contributed by atoms with Crippen LogP contribution in [0.25, 0.3) is 22.1 Å². The molecule has 4 nitrogen and oxygen atoms in total. The zero-order chi connectivity index (χ0) is 13.3. The highest BCUT2D eigenvalue weighted by Crippen LogP contribution is 2.45. The van der Waals surface area contributed by atoms with Crippen LogP contribution in [0.4, 0.5) is 0 Å². The molecule has 0 saturated carbocycles. The van der Waals surface area contributed by atoms with Crippen molar-refractivity contribution in [3.8, 4) is 22.8 Å². The van der Waals surface area contributed by atoms with Crippen LogP contribution in [0.5, 0.6) is 11.5 Å². The molecule has 0 atom stereocenters. The van der Waals surface area contributed by atoms with E-state index in [9.17, 15) is 4.79 Å². The highest BCUT2D eigenvalue weighted by Gasteiger charge is 2.30. The largest absolute Gasteiger partial charge is 0.463 e. The van der Waals surface area contributed by atoms with E-state index in [1.807, 2.05) is 24.3 Å². The molecule has 96 valence electrons. The second kappa shape index (κ2) is 3.22. The minimum Gasteiger partial charge on any atom is -0.463 e. The molecule has 2 aliphatic rings. The lowest BCUT2D eigenvalue weighted by atomic mass is 9.87. The molecule has 5 rings (SSSR count). The number of hydrogen-bond donors (Lipinski definition) is 0. The first-order chi connectivity index (χ1) is 9.83. The van der Waals surface area contributed by atoms with Crippen LogP contribution in [0.1, 0.15) is 15.9 Å². The number of ether oxygens (including phenoxy) is 2. The Bertz CT molecular complexity index is 904. The average molecular weight is 264 g/mol. The summed E-state index contributed by atoms with van der Waals surface area (Å²) in [5.41, 5.74) is 2.05. The van der Waals surface area contributed by atoms with Gasteiger partial charge in [-0.15, -0.1) is 0 Å². The van der Waals surface area contributed by atoms with Gasteiger partial charge in [0.1, 0.15) is 5.76 Å². The summed E-state index contributed by atoms with van der Waals surface area (Å²) in [6, 6.07) is 9.20. The summed E-state index contributed by atoms with van der Waals surface area (Å²) >= 11 is 0. The van der Waals surface area contributed by atoms with E-state index in [1.165, 1.54) is 0 Å². The van der Waals surface area contributed by atoms with Gasteiger partial charge in [0, 0.05) is 27.5 Å². The summed E-state index contributed by atoms with van der Waals surface area (Å²) in [6.07, 6.45) is 1.68. The van der Waals surface area contributed by atoms with Crippen molar-refractivity contribution >= 4 is 16.6 Å². The van der Waals surface area contributed by atoms with E-state index in [2.05, 4.69) is 0 Å². The summed E-state index contributed by atoms with van der Waals surface area (Å²) in [7, 11) is 0. The topological polar surface area (TPSA) is 48.7 Å². The average Bonchev–Trinajstić information content (AvgIpc) is 3.09. The first kappa shape index (κ1) is 10.1. The number of rotatable bonds is 0. The third kappa shape index (κ3) is 1.05. The van der Waals surface area contributed by atoms with Crippen LogP contribution in [-0.4, -0.2) is 12.6 Å². The summed E-state index contributed by atoms with van der Waals surface area (Å²) in [4.78, 5) is 12.7. The van der Waals surface area contributed by atoms with Gasteiger partial charge in [-0.2, -0.15) is 0 Å². The number of carbonyl (C=O) groups is 1. The summed E-state index contributed by atoms with van der Waals surface area (Å²) in [6.45, 7) is 0.187. The van der Waals surface area contributed by atoms with Crippen LogP contribution in [0.15, 0.2) is 41.0 Å². The second-order valence-electron chi connectivity index (χ2n) is 4.91. The Hall–Kier alpha value is -2.75. The molecule has 0 amide bonds. The zero-order valence-electron chi connectivity index (χ0n) is 10.3. The minimum absolute atomic E-state index is 0.00204. The molecule has 2 aromatic carbocycles. The Morgan fingerprint density at radius 2 is 1.75 bits per heavy atom. The standard InChI is InChI=1S/C16H8O4/c17-15-9-3-1-2-8-6-18-16(14(8)9)11-5-13-12(4-10(11)15)19-7-20-13/h1-6H,7H2. The van der Waals surface area contributed by atoms with Crippen molar-refractivity contribution in [2.75, 3.05) is 6.79 Å². The first-order valence-electron chi connectivity index (χ1n) is 6.32. The van der Waals surface area contributed by atoms with Crippen molar-refractivity contribution in [2.45, 2.75) is 0 Å². The molecule has 0 bridgehead atoms. The number of hydrogen-bond acceptors (Lipinski definition) is 4. The molecule has 1 aliphatic heterocycles. The maximum Gasteiger partial charge on any atom is 0.231 e. The number of benzene rings is 2. The van der Waals surface area contributed by atoms with E-state index in [4.69, 9.17) is 13.9 Å². The molecule has 0 radical (unpaired) electrons. The molecule has 0 unspecified atom stereocenters. The van der Waals surface area contributed by atoms with E-state index >= 15 is 0 Å². The molecule has 4 heteroatoms. The Morgan fingerprint density at radius 3 is 2.60 bits per heavy atom. The van der Waals surface area contributed by atoms with Gasteiger partial charge in [0.15, 0.2) is 17.3 Å². The van der Waals surface area contributed by atoms with Crippen LogP contribution >= 0.6 is 0 Å². The molecule has 1 aromatic heterocycles. The van der Waals surface area contributed by atoms with Crippen molar-refractivity contribution in [3.05, 3.63) is 47.7 Å². The van der Waals surface area contributed by atoms with Gasteiger partial charge >= 0.3 is 0 Å². The van der Waals surface area contributed by atoms with E-state index in [0.717, 1.165) is 22.1 Å². The molecule has 1 aliphatic carbocycles. The highest BCUT2D eigenvalue weighted by atomic mass is 16.7. The van der Waals surface area contributed by atoms with Crippen LogP contribution in [0.3, 0.4) is 0 Å². The number of furan rings is 1. The van der Waals surface area contributed by atoms with Crippen molar-refractivity contribution in [1.29, 1.82) is 0 Å². The van der Waals surface area contributed by atoms with Gasteiger partial charge in [0.25, 0.3) is 0 Å². The van der Waals surface area contributed by atoms with Crippen LogP contribution < -0.4 is 9.47 Å². The molecule has 3 aromatic rings. The Morgan fingerprint density at radius 1 is 0.950 bits per heavy atom. The Balaban J connectivity index is 1.95. The fourth-order valence-electron chi connectivity index (χ4n) is 2.95. The molecular weight excluding hydrogens is 256 g/mol. The normalized spacial score (nSPS) is 14.7. The third-order valence-corrected chi connectivity index (χ3v) is 3.87. The fraction of sp³-hybridized carbons (Fsp3) is 0.0625.